The van der Waals surface area contributed by atoms with E-state index < -0.39 is 0 Å². The third-order valence-corrected chi connectivity index (χ3v) is 3.58. The zero-order valence-corrected chi connectivity index (χ0v) is 12.3. The van der Waals surface area contributed by atoms with E-state index in [9.17, 15) is 0 Å². The van der Waals surface area contributed by atoms with Crippen molar-refractivity contribution in [2.24, 2.45) is 0 Å². The second-order valence-electron chi connectivity index (χ2n) is 5.21. The Morgan fingerprint density at radius 1 is 1.35 bits per heavy atom. The summed E-state index contributed by atoms with van der Waals surface area (Å²) in [6, 6.07) is 3.94. The van der Waals surface area contributed by atoms with Crippen molar-refractivity contribution in [2.45, 2.75) is 32.4 Å². The van der Waals surface area contributed by atoms with Crippen LogP contribution in [0.3, 0.4) is 0 Å². The first-order valence-electron chi connectivity index (χ1n) is 7.17. The number of rotatable bonds is 6. The van der Waals surface area contributed by atoms with Gasteiger partial charge >= 0.3 is 0 Å². The molecule has 0 saturated carbocycles. The van der Waals surface area contributed by atoms with E-state index in [1.54, 1.807) is 7.11 Å². The third-order valence-electron chi connectivity index (χ3n) is 3.58. The molecular formula is C15H24N2O3. The molecule has 1 fully saturated rings. The lowest BCUT2D eigenvalue weighted by Crippen LogP contribution is -2.37. The normalized spacial score (nSPS) is 17.4. The van der Waals surface area contributed by atoms with Crippen LogP contribution in [-0.4, -0.2) is 54.5 Å². The number of aliphatic hydroxyl groups excluding tert-OH is 1. The standard InChI is InChI=1S/C15H24N2O3/c1-12-9-15(19-2)10-13(16-12)11-17-5-3-14(4-6-17)20-8-7-18/h9-10,14,18H,3-8,11H2,1-2H3. The molecular weight excluding hydrogens is 256 g/mol. The molecule has 0 aromatic carbocycles. The maximum absolute atomic E-state index is 8.76. The molecule has 0 unspecified atom stereocenters. The SMILES string of the molecule is COc1cc(C)nc(CN2CCC(OCCO)CC2)c1. The van der Waals surface area contributed by atoms with Gasteiger partial charge in [0, 0.05) is 37.5 Å². The summed E-state index contributed by atoms with van der Waals surface area (Å²) in [6.45, 7) is 5.41. The summed E-state index contributed by atoms with van der Waals surface area (Å²) < 4.78 is 10.9. The monoisotopic (exact) mass is 280 g/mol. The number of aromatic nitrogens is 1. The largest absolute Gasteiger partial charge is 0.497 e. The van der Waals surface area contributed by atoms with Crippen LogP contribution in [0.2, 0.25) is 0 Å². The van der Waals surface area contributed by atoms with E-state index >= 15 is 0 Å². The highest BCUT2D eigenvalue weighted by Gasteiger charge is 2.20. The van der Waals surface area contributed by atoms with E-state index in [2.05, 4.69) is 9.88 Å². The average molecular weight is 280 g/mol. The first-order valence-corrected chi connectivity index (χ1v) is 7.17. The molecule has 0 bridgehead atoms. The van der Waals surface area contributed by atoms with Crippen molar-refractivity contribution in [1.29, 1.82) is 0 Å². The zero-order valence-electron chi connectivity index (χ0n) is 12.3. The van der Waals surface area contributed by atoms with Crippen molar-refractivity contribution in [3.05, 3.63) is 23.5 Å². The average Bonchev–Trinajstić information content (AvgIpc) is 2.46. The second-order valence-corrected chi connectivity index (χ2v) is 5.21. The molecule has 1 N–H and O–H groups in total. The molecule has 2 heterocycles. The highest BCUT2D eigenvalue weighted by molar-refractivity contribution is 5.26. The minimum atomic E-state index is 0.104. The minimum absolute atomic E-state index is 0.104. The Balaban J connectivity index is 1.84. The summed E-state index contributed by atoms with van der Waals surface area (Å²) in [7, 11) is 1.68. The number of hydrogen-bond donors (Lipinski definition) is 1. The van der Waals surface area contributed by atoms with Crippen LogP contribution in [-0.2, 0) is 11.3 Å². The third kappa shape index (κ3) is 4.44. The Labute approximate surface area is 120 Å². The molecule has 0 radical (unpaired) electrons. The summed E-state index contributed by atoms with van der Waals surface area (Å²) in [5, 5.41) is 8.76. The first kappa shape index (κ1) is 15.2. The summed E-state index contributed by atoms with van der Waals surface area (Å²) >= 11 is 0. The van der Waals surface area contributed by atoms with Gasteiger partial charge in [-0.15, -0.1) is 0 Å². The Hall–Kier alpha value is -1.17. The van der Waals surface area contributed by atoms with Crippen LogP contribution in [0.1, 0.15) is 24.2 Å². The fraction of sp³-hybridized carbons (Fsp3) is 0.667. The van der Waals surface area contributed by atoms with Crippen LogP contribution < -0.4 is 4.74 Å². The van der Waals surface area contributed by atoms with Crippen LogP contribution in [0.15, 0.2) is 12.1 Å². The lowest BCUT2D eigenvalue weighted by molar-refractivity contribution is -0.00920. The fourth-order valence-electron chi connectivity index (χ4n) is 2.58. The predicted molar refractivity (Wildman–Crippen MR) is 76.9 cm³/mol. The van der Waals surface area contributed by atoms with Gasteiger partial charge in [-0.25, -0.2) is 0 Å². The van der Waals surface area contributed by atoms with Crippen molar-refractivity contribution in [2.75, 3.05) is 33.4 Å². The second kappa shape index (κ2) is 7.57. The van der Waals surface area contributed by atoms with E-state index in [4.69, 9.17) is 14.6 Å². The van der Waals surface area contributed by atoms with E-state index in [1.165, 1.54) is 0 Å². The van der Waals surface area contributed by atoms with Crippen molar-refractivity contribution < 1.29 is 14.6 Å². The van der Waals surface area contributed by atoms with Gasteiger partial charge in [0.05, 0.1) is 32.1 Å². The molecule has 0 aliphatic carbocycles. The van der Waals surface area contributed by atoms with E-state index in [0.717, 1.165) is 49.6 Å². The smallest absolute Gasteiger partial charge is 0.122 e. The topological polar surface area (TPSA) is 54.8 Å². The summed E-state index contributed by atoms with van der Waals surface area (Å²) in [6.07, 6.45) is 2.32. The molecule has 1 aromatic rings. The number of likely N-dealkylation sites (tertiary alicyclic amines) is 1. The van der Waals surface area contributed by atoms with Crippen LogP contribution in [0.25, 0.3) is 0 Å². The van der Waals surface area contributed by atoms with Gasteiger partial charge in [0.15, 0.2) is 0 Å². The number of nitrogens with zero attached hydrogens (tertiary/aromatic N) is 2. The lowest BCUT2D eigenvalue weighted by atomic mass is 10.1. The van der Waals surface area contributed by atoms with Gasteiger partial charge in [-0.2, -0.15) is 0 Å². The molecule has 0 amide bonds. The number of pyridine rings is 1. The van der Waals surface area contributed by atoms with Gasteiger partial charge in [0.2, 0.25) is 0 Å². The maximum atomic E-state index is 8.76. The van der Waals surface area contributed by atoms with Crippen molar-refractivity contribution in [3.8, 4) is 5.75 Å². The molecule has 2 rings (SSSR count). The van der Waals surface area contributed by atoms with Gasteiger partial charge in [-0.3, -0.25) is 9.88 Å². The Morgan fingerprint density at radius 2 is 2.10 bits per heavy atom. The van der Waals surface area contributed by atoms with Crippen molar-refractivity contribution >= 4 is 0 Å². The number of ether oxygens (including phenoxy) is 2. The number of aryl methyl sites for hydroxylation is 1. The van der Waals surface area contributed by atoms with Crippen LogP contribution in [0, 0.1) is 6.92 Å². The highest BCUT2D eigenvalue weighted by atomic mass is 16.5. The predicted octanol–water partition coefficient (Wildman–Crippen LogP) is 1.37. The number of hydrogen-bond acceptors (Lipinski definition) is 5. The molecule has 0 atom stereocenters. The molecule has 1 aliphatic rings. The lowest BCUT2D eigenvalue weighted by Gasteiger charge is -2.31. The molecule has 0 spiro atoms. The first-order chi connectivity index (χ1) is 9.71. The summed E-state index contributed by atoms with van der Waals surface area (Å²) in [4.78, 5) is 6.95. The number of piperidine rings is 1. The Bertz CT molecular complexity index is 418. The highest BCUT2D eigenvalue weighted by Crippen LogP contribution is 2.18. The summed E-state index contributed by atoms with van der Waals surface area (Å²) in [5.41, 5.74) is 2.04. The Kier molecular flexibility index (Phi) is 5.76. The van der Waals surface area contributed by atoms with Crippen LogP contribution in [0.5, 0.6) is 5.75 Å². The maximum Gasteiger partial charge on any atom is 0.122 e. The minimum Gasteiger partial charge on any atom is -0.497 e. The van der Waals surface area contributed by atoms with Crippen LogP contribution >= 0.6 is 0 Å². The van der Waals surface area contributed by atoms with Gasteiger partial charge in [0.1, 0.15) is 5.75 Å². The molecule has 5 heteroatoms. The zero-order chi connectivity index (χ0) is 14.4. The van der Waals surface area contributed by atoms with Gasteiger partial charge in [-0.1, -0.05) is 0 Å². The van der Waals surface area contributed by atoms with Crippen molar-refractivity contribution in [1.82, 2.24) is 9.88 Å². The number of aliphatic hydroxyl groups is 1. The quantitative estimate of drug-likeness (QED) is 0.853. The van der Waals surface area contributed by atoms with E-state index in [-0.39, 0.29) is 6.61 Å². The molecule has 20 heavy (non-hydrogen) atoms. The van der Waals surface area contributed by atoms with Gasteiger partial charge < -0.3 is 14.6 Å². The van der Waals surface area contributed by atoms with E-state index in [0.29, 0.717) is 12.7 Å². The fourth-order valence-corrected chi connectivity index (χ4v) is 2.58. The van der Waals surface area contributed by atoms with Crippen LogP contribution in [0.4, 0.5) is 0 Å². The molecule has 112 valence electrons. The van der Waals surface area contributed by atoms with Crippen molar-refractivity contribution in [3.63, 3.8) is 0 Å². The number of methoxy groups -OCH3 is 1. The summed E-state index contributed by atoms with van der Waals surface area (Å²) in [5.74, 6) is 0.869. The molecule has 5 nitrogen and oxygen atoms in total. The Morgan fingerprint density at radius 3 is 2.75 bits per heavy atom. The molecule has 1 saturated heterocycles. The molecule has 1 aromatic heterocycles. The van der Waals surface area contributed by atoms with E-state index in [1.807, 2.05) is 19.1 Å². The molecule has 1 aliphatic heterocycles. The van der Waals surface area contributed by atoms with Gasteiger partial charge in [0.25, 0.3) is 0 Å². The van der Waals surface area contributed by atoms with Gasteiger partial charge in [-0.05, 0) is 19.8 Å².